The normalized spacial score (nSPS) is 10.1. The maximum atomic E-state index is 13.0. The van der Waals surface area contributed by atoms with Gasteiger partial charge in [0, 0.05) is 4.47 Å². The molecule has 2 N–H and O–H groups in total. The maximum absolute atomic E-state index is 13.0. The van der Waals surface area contributed by atoms with Crippen LogP contribution in [0.4, 0.5) is 15.9 Å². The van der Waals surface area contributed by atoms with Gasteiger partial charge in [0.1, 0.15) is 11.6 Å². The van der Waals surface area contributed by atoms with Crippen LogP contribution in [0, 0.1) is 5.82 Å². The van der Waals surface area contributed by atoms with Crippen molar-refractivity contribution in [1.82, 2.24) is 9.97 Å². The Morgan fingerprint density at radius 1 is 1.33 bits per heavy atom. The Morgan fingerprint density at radius 2 is 2.11 bits per heavy atom. The lowest BCUT2D eigenvalue weighted by Crippen LogP contribution is -2.03. The summed E-state index contributed by atoms with van der Waals surface area (Å²) >= 11 is 3.25. The fraction of sp³-hybridized carbons (Fsp3) is 0. The fourth-order valence-electron chi connectivity index (χ4n) is 1.23. The third-order valence-corrected chi connectivity index (χ3v) is 2.75. The number of rotatable bonds is 3. The van der Waals surface area contributed by atoms with Gasteiger partial charge < -0.3 is 10.4 Å². The highest BCUT2D eigenvalue weighted by molar-refractivity contribution is 9.10. The number of aromatic nitrogens is 2. The highest BCUT2D eigenvalue weighted by atomic mass is 79.9. The molecule has 0 bridgehead atoms. The smallest absolute Gasteiger partial charge is 0.356 e. The molecule has 0 amide bonds. The van der Waals surface area contributed by atoms with Crippen molar-refractivity contribution in [2.24, 2.45) is 0 Å². The Labute approximate surface area is 110 Å². The molecule has 92 valence electrons. The summed E-state index contributed by atoms with van der Waals surface area (Å²) in [7, 11) is 0. The molecule has 0 aliphatic rings. The minimum absolute atomic E-state index is 0.154. The summed E-state index contributed by atoms with van der Waals surface area (Å²) in [5.41, 5.74) is 0.325. The van der Waals surface area contributed by atoms with E-state index in [2.05, 4.69) is 31.2 Å². The highest BCUT2D eigenvalue weighted by Gasteiger charge is 2.06. The third kappa shape index (κ3) is 2.80. The van der Waals surface area contributed by atoms with E-state index < -0.39 is 11.8 Å². The summed E-state index contributed by atoms with van der Waals surface area (Å²) in [6, 6.07) is 4.15. The molecule has 1 heterocycles. The average Bonchev–Trinajstić information content (AvgIpc) is 2.34. The fourth-order valence-corrected chi connectivity index (χ4v) is 1.58. The maximum Gasteiger partial charge on any atom is 0.356 e. The predicted octanol–water partition coefficient (Wildman–Crippen LogP) is 2.82. The van der Waals surface area contributed by atoms with Gasteiger partial charge in [-0.15, -0.1) is 0 Å². The van der Waals surface area contributed by atoms with Crippen LogP contribution in [0.3, 0.4) is 0 Å². The molecule has 0 unspecified atom stereocenters. The quantitative estimate of drug-likeness (QED) is 0.911. The van der Waals surface area contributed by atoms with Crippen molar-refractivity contribution in [3.05, 3.63) is 46.6 Å². The number of carbonyl (C=O) groups is 1. The zero-order valence-electron chi connectivity index (χ0n) is 8.89. The van der Waals surface area contributed by atoms with Crippen LogP contribution in [-0.4, -0.2) is 21.0 Å². The summed E-state index contributed by atoms with van der Waals surface area (Å²) in [6.07, 6.45) is 2.39. The highest BCUT2D eigenvalue weighted by Crippen LogP contribution is 2.25. The zero-order chi connectivity index (χ0) is 13.1. The molecule has 1 aromatic carbocycles. The first-order chi connectivity index (χ1) is 8.56. The number of anilines is 2. The molecule has 7 heteroatoms. The SMILES string of the molecule is O=C(O)c1cnc(Nc2cc(F)ccc2Br)cn1. The van der Waals surface area contributed by atoms with Crippen molar-refractivity contribution < 1.29 is 14.3 Å². The molecular weight excluding hydrogens is 305 g/mol. The molecule has 0 fully saturated rings. The number of aromatic carboxylic acids is 1. The molecule has 0 aliphatic carbocycles. The van der Waals surface area contributed by atoms with Gasteiger partial charge >= 0.3 is 5.97 Å². The van der Waals surface area contributed by atoms with Crippen LogP contribution in [0.2, 0.25) is 0 Å². The summed E-state index contributed by atoms with van der Waals surface area (Å²) in [5.74, 6) is -1.22. The Morgan fingerprint density at radius 3 is 2.72 bits per heavy atom. The first-order valence-electron chi connectivity index (χ1n) is 4.83. The molecule has 5 nitrogen and oxygen atoms in total. The van der Waals surface area contributed by atoms with E-state index in [1.54, 1.807) is 6.07 Å². The van der Waals surface area contributed by atoms with E-state index in [1.807, 2.05) is 0 Å². The van der Waals surface area contributed by atoms with Crippen molar-refractivity contribution >= 4 is 33.4 Å². The van der Waals surface area contributed by atoms with Crippen LogP contribution in [0.15, 0.2) is 35.1 Å². The van der Waals surface area contributed by atoms with Gasteiger partial charge in [-0.05, 0) is 34.1 Å². The van der Waals surface area contributed by atoms with E-state index >= 15 is 0 Å². The van der Waals surface area contributed by atoms with E-state index in [-0.39, 0.29) is 5.69 Å². The van der Waals surface area contributed by atoms with Gasteiger partial charge in [-0.2, -0.15) is 0 Å². The molecular formula is C11H7BrFN3O2. The molecule has 0 atom stereocenters. The Balaban J connectivity index is 2.23. The number of carboxylic acid groups (broad SMARTS) is 1. The average molecular weight is 312 g/mol. The lowest BCUT2D eigenvalue weighted by molar-refractivity contribution is 0.0690. The zero-order valence-corrected chi connectivity index (χ0v) is 10.5. The standard InChI is InChI=1S/C11H7BrFN3O2/c12-7-2-1-6(13)3-8(7)16-10-5-14-9(4-15-10)11(17)18/h1-5H,(H,15,16)(H,17,18). The number of carboxylic acids is 1. The molecule has 2 aromatic rings. The van der Waals surface area contributed by atoms with Crippen molar-refractivity contribution in [2.75, 3.05) is 5.32 Å². The van der Waals surface area contributed by atoms with Gasteiger partial charge in [-0.25, -0.2) is 19.2 Å². The van der Waals surface area contributed by atoms with Crippen molar-refractivity contribution in [2.45, 2.75) is 0 Å². The topological polar surface area (TPSA) is 75.1 Å². The summed E-state index contributed by atoms with van der Waals surface area (Å²) in [6.45, 7) is 0. The first kappa shape index (κ1) is 12.4. The van der Waals surface area contributed by atoms with E-state index in [4.69, 9.17) is 5.11 Å². The van der Waals surface area contributed by atoms with Crippen molar-refractivity contribution in [3.8, 4) is 0 Å². The first-order valence-corrected chi connectivity index (χ1v) is 5.63. The van der Waals surface area contributed by atoms with Gasteiger partial charge in [0.05, 0.1) is 18.1 Å². The molecule has 0 radical (unpaired) electrons. The molecule has 0 saturated carbocycles. The van der Waals surface area contributed by atoms with E-state index in [1.165, 1.54) is 18.3 Å². The Hall–Kier alpha value is -2.02. The molecule has 1 aromatic heterocycles. The largest absolute Gasteiger partial charge is 0.476 e. The lowest BCUT2D eigenvalue weighted by Gasteiger charge is -2.07. The summed E-state index contributed by atoms with van der Waals surface area (Å²) < 4.78 is 13.7. The number of halogens is 2. The second kappa shape index (κ2) is 5.09. The van der Waals surface area contributed by atoms with Crippen molar-refractivity contribution in [3.63, 3.8) is 0 Å². The second-order valence-corrected chi connectivity index (χ2v) is 4.20. The van der Waals surface area contributed by atoms with Crippen LogP contribution in [0.5, 0.6) is 0 Å². The monoisotopic (exact) mass is 311 g/mol. The van der Waals surface area contributed by atoms with E-state index in [0.717, 1.165) is 6.20 Å². The van der Waals surface area contributed by atoms with Crippen LogP contribution < -0.4 is 5.32 Å². The van der Waals surface area contributed by atoms with E-state index in [9.17, 15) is 9.18 Å². The Kier molecular flexibility index (Phi) is 3.52. The summed E-state index contributed by atoms with van der Waals surface area (Å²) in [5, 5.41) is 11.5. The van der Waals surface area contributed by atoms with E-state index in [0.29, 0.717) is 16.0 Å². The minimum atomic E-state index is -1.15. The number of nitrogens with one attached hydrogen (secondary N) is 1. The number of nitrogens with zero attached hydrogens (tertiary/aromatic N) is 2. The molecule has 18 heavy (non-hydrogen) atoms. The van der Waals surface area contributed by atoms with Gasteiger partial charge in [-0.3, -0.25) is 0 Å². The molecule has 2 rings (SSSR count). The molecule has 0 aliphatic heterocycles. The van der Waals surface area contributed by atoms with Gasteiger partial charge in [0.15, 0.2) is 5.69 Å². The number of hydrogen-bond donors (Lipinski definition) is 2. The summed E-state index contributed by atoms with van der Waals surface area (Å²) in [4.78, 5) is 18.2. The van der Waals surface area contributed by atoms with Crippen LogP contribution in [0.25, 0.3) is 0 Å². The third-order valence-electron chi connectivity index (χ3n) is 2.06. The van der Waals surface area contributed by atoms with Crippen molar-refractivity contribution in [1.29, 1.82) is 0 Å². The van der Waals surface area contributed by atoms with Gasteiger partial charge in [0.2, 0.25) is 0 Å². The Bertz CT molecular complexity index is 589. The van der Waals surface area contributed by atoms with Crippen LogP contribution in [0.1, 0.15) is 10.5 Å². The lowest BCUT2D eigenvalue weighted by atomic mass is 10.3. The minimum Gasteiger partial charge on any atom is -0.476 e. The predicted molar refractivity (Wildman–Crippen MR) is 66.4 cm³/mol. The second-order valence-electron chi connectivity index (χ2n) is 3.34. The van der Waals surface area contributed by atoms with Gasteiger partial charge in [0.25, 0.3) is 0 Å². The van der Waals surface area contributed by atoms with Gasteiger partial charge in [-0.1, -0.05) is 0 Å². The molecule has 0 spiro atoms. The van der Waals surface area contributed by atoms with Crippen LogP contribution >= 0.6 is 15.9 Å². The number of benzene rings is 1. The number of hydrogen-bond acceptors (Lipinski definition) is 4. The molecule has 0 saturated heterocycles. The van der Waals surface area contributed by atoms with Crippen LogP contribution in [-0.2, 0) is 0 Å².